The molecule has 0 aromatic heterocycles. The minimum absolute atomic E-state index is 0.0222. The molecule has 0 amide bonds. The van der Waals surface area contributed by atoms with Crippen LogP contribution in [-0.4, -0.2) is 75.5 Å². The van der Waals surface area contributed by atoms with Crippen LogP contribution in [0.4, 0.5) is 0 Å². The zero-order valence-electron chi connectivity index (χ0n) is 26.2. The highest BCUT2D eigenvalue weighted by atomic mass is 16.6. The lowest BCUT2D eigenvalue weighted by molar-refractivity contribution is -0.309. The average molecular weight is 709 g/mol. The van der Waals surface area contributed by atoms with Gasteiger partial charge in [-0.15, -0.1) is 0 Å². The standard InChI is InChI=1S/C33H30O18/c34-28(35)10-46-22-4-16-1-17-5-23(47-11-29(36)37)25(49-13-31(40)41)7-19(17)3-21-9-27(51-15-33(44)45)26(50-14-32(42)43)8-20(21)2-18(16)6-24(22)48-12-30(38)39/h4-9H,1-3,10-15H2,(H,34,35)(H,36,37)(H,38,39)(H,40,41)(H,42,43)(H,44,45)/p-6. The maximum Gasteiger partial charge on any atom is 0.162 e. The Labute approximate surface area is 286 Å². The van der Waals surface area contributed by atoms with Gasteiger partial charge < -0.3 is 87.8 Å². The number of carbonyl (C=O) groups is 6. The Kier molecular flexibility index (Phi) is 12.1. The van der Waals surface area contributed by atoms with Crippen molar-refractivity contribution in [1.82, 2.24) is 0 Å². The lowest BCUT2D eigenvalue weighted by Crippen LogP contribution is -2.30. The molecule has 0 unspecified atom stereocenters. The fourth-order valence-corrected chi connectivity index (χ4v) is 5.03. The van der Waals surface area contributed by atoms with Crippen molar-refractivity contribution in [1.29, 1.82) is 0 Å². The van der Waals surface area contributed by atoms with Crippen molar-refractivity contribution < 1.29 is 87.8 Å². The largest absolute Gasteiger partial charge is 0.546 e. The number of fused-ring (bicyclic) bond motifs is 3. The zero-order chi connectivity index (χ0) is 37.2. The number of hydrogen-bond acceptors (Lipinski definition) is 18. The van der Waals surface area contributed by atoms with Gasteiger partial charge in [-0.3, -0.25) is 0 Å². The second-order valence-electron chi connectivity index (χ2n) is 10.7. The van der Waals surface area contributed by atoms with Crippen molar-refractivity contribution >= 4 is 35.8 Å². The lowest BCUT2D eigenvalue weighted by atomic mass is 9.94. The molecule has 51 heavy (non-hydrogen) atoms. The predicted molar refractivity (Wildman–Crippen MR) is 151 cm³/mol. The van der Waals surface area contributed by atoms with Gasteiger partial charge >= 0.3 is 0 Å². The van der Waals surface area contributed by atoms with Gasteiger partial charge in [0.05, 0.1) is 35.8 Å². The van der Waals surface area contributed by atoms with E-state index in [0.29, 0.717) is 33.4 Å². The molecular formula is C33H24O18-6. The van der Waals surface area contributed by atoms with Crippen molar-refractivity contribution in [2.75, 3.05) is 39.6 Å². The van der Waals surface area contributed by atoms with Crippen LogP contribution in [0.1, 0.15) is 33.4 Å². The van der Waals surface area contributed by atoms with Crippen LogP contribution in [0.5, 0.6) is 34.5 Å². The fraction of sp³-hybridized carbons (Fsp3) is 0.273. The Bertz CT molecular complexity index is 1520. The summed E-state index contributed by atoms with van der Waals surface area (Å²) in [6.07, 6.45) is -0.0666. The van der Waals surface area contributed by atoms with Gasteiger partial charge in [0.15, 0.2) is 34.5 Å². The van der Waals surface area contributed by atoms with Crippen LogP contribution in [0.2, 0.25) is 0 Å². The summed E-state index contributed by atoms with van der Waals surface area (Å²) in [6.45, 7) is -5.70. The predicted octanol–water partition coefficient (Wildman–Crippen LogP) is -6.46. The number of rotatable bonds is 18. The smallest absolute Gasteiger partial charge is 0.162 e. The van der Waals surface area contributed by atoms with Crippen LogP contribution in [0.15, 0.2) is 36.4 Å². The van der Waals surface area contributed by atoms with E-state index >= 15 is 0 Å². The third kappa shape index (κ3) is 10.6. The van der Waals surface area contributed by atoms with Gasteiger partial charge in [0.2, 0.25) is 0 Å². The Hall–Kier alpha value is -6.72. The second kappa shape index (κ2) is 16.6. The summed E-state index contributed by atoms with van der Waals surface area (Å²) in [7, 11) is 0. The zero-order valence-corrected chi connectivity index (χ0v) is 26.2. The highest BCUT2D eigenvalue weighted by molar-refractivity contribution is 5.70. The molecule has 0 atom stereocenters. The van der Waals surface area contributed by atoms with Crippen LogP contribution in [0.25, 0.3) is 0 Å². The first kappa shape index (κ1) is 37.1. The molecule has 0 fully saturated rings. The third-order valence-electron chi connectivity index (χ3n) is 7.01. The molecule has 0 heterocycles. The van der Waals surface area contributed by atoms with E-state index in [0.717, 1.165) is 0 Å². The van der Waals surface area contributed by atoms with E-state index in [1.54, 1.807) is 0 Å². The van der Waals surface area contributed by atoms with Crippen molar-refractivity contribution in [2.24, 2.45) is 0 Å². The summed E-state index contributed by atoms with van der Waals surface area (Å²) in [5, 5.41) is 67.2. The number of carbonyl (C=O) groups excluding carboxylic acids is 6. The summed E-state index contributed by atoms with van der Waals surface area (Å²) in [5.41, 5.74) is 2.51. The minimum atomic E-state index is -1.61. The molecule has 18 heteroatoms. The molecule has 0 saturated carbocycles. The summed E-state index contributed by atoms with van der Waals surface area (Å²) < 4.78 is 32.0. The SMILES string of the molecule is O=C([O-])COc1cc2c(cc1OCC(=O)[O-])Cc1cc(OCC(=O)[O-])c(OCC(=O)[O-])cc1Cc1cc(OCC(=O)[O-])c(OCC(=O)[O-])cc1C2. The number of benzene rings is 3. The van der Waals surface area contributed by atoms with Crippen LogP contribution < -0.4 is 59.1 Å². The molecule has 0 saturated heterocycles. The molecule has 270 valence electrons. The number of ether oxygens (including phenoxy) is 6. The van der Waals surface area contributed by atoms with Gasteiger partial charge in [0, 0.05) is 0 Å². The van der Waals surface area contributed by atoms with Gasteiger partial charge in [-0.2, -0.15) is 0 Å². The van der Waals surface area contributed by atoms with E-state index < -0.39 is 75.5 Å². The van der Waals surface area contributed by atoms with Gasteiger partial charge in [-0.1, -0.05) is 0 Å². The lowest BCUT2D eigenvalue weighted by Gasteiger charge is -2.20. The Morgan fingerprint density at radius 1 is 0.333 bits per heavy atom. The molecule has 0 bridgehead atoms. The Morgan fingerprint density at radius 3 is 0.588 bits per heavy atom. The fourth-order valence-electron chi connectivity index (χ4n) is 5.03. The number of carboxylic acid groups (broad SMARTS) is 6. The first-order valence-corrected chi connectivity index (χ1v) is 14.6. The van der Waals surface area contributed by atoms with E-state index in [4.69, 9.17) is 28.4 Å². The first-order valence-electron chi connectivity index (χ1n) is 14.6. The molecule has 4 rings (SSSR count). The molecular weight excluding hydrogens is 684 g/mol. The van der Waals surface area contributed by atoms with Crippen LogP contribution >= 0.6 is 0 Å². The van der Waals surface area contributed by atoms with E-state index in [9.17, 15) is 59.4 Å². The molecule has 1 aliphatic carbocycles. The molecule has 3 aromatic carbocycles. The van der Waals surface area contributed by atoms with E-state index in [2.05, 4.69) is 0 Å². The van der Waals surface area contributed by atoms with E-state index in [1.807, 2.05) is 0 Å². The van der Waals surface area contributed by atoms with Crippen LogP contribution in [-0.2, 0) is 48.0 Å². The molecule has 0 N–H and O–H groups in total. The molecule has 0 aliphatic heterocycles. The van der Waals surface area contributed by atoms with Gasteiger partial charge in [0.1, 0.15) is 39.6 Å². The van der Waals surface area contributed by atoms with E-state index in [1.165, 1.54) is 36.4 Å². The van der Waals surface area contributed by atoms with Gasteiger partial charge in [-0.05, 0) is 89.0 Å². The monoisotopic (exact) mass is 708 g/mol. The first-order chi connectivity index (χ1) is 24.2. The van der Waals surface area contributed by atoms with Crippen molar-refractivity contribution in [3.63, 3.8) is 0 Å². The summed E-state index contributed by atoms with van der Waals surface area (Å²) in [6, 6.07) is 8.19. The Morgan fingerprint density at radius 2 is 0.471 bits per heavy atom. The number of aliphatic carboxylic acids is 6. The molecule has 18 nitrogen and oxygen atoms in total. The summed E-state index contributed by atoms with van der Waals surface area (Å²) >= 11 is 0. The van der Waals surface area contributed by atoms with Gasteiger partial charge in [-0.25, -0.2) is 0 Å². The molecule has 1 aliphatic rings. The van der Waals surface area contributed by atoms with Crippen molar-refractivity contribution in [3.8, 4) is 34.5 Å². The number of hydrogen-bond donors (Lipinski definition) is 0. The third-order valence-corrected chi connectivity index (χ3v) is 7.01. The van der Waals surface area contributed by atoms with Crippen molar-refractivity contribution in [3.05, 3.63) is 69.8 Å². The maximum atomic E-state index is 11.2. The maximum absolute atomic E-state index is 11.2. The topological polar surface area (TPSA) is 296 Å². The van der Waals surface area contributed by atoms with Crippen LogP contribution in [0, 0.1) is 0 Å². The average Bonchev–Trinajstić information content (AvgIpc) is 3.10. The van der Waals surface area contributed by atoms with E-state index in [-0.39, 0.29) is 53.8 Å². The van der Waals surface area contributed by atoms with Gasteiger partial charge in [0.25, 0.3) is 0 Å². The summed E-state index contributed by atoms with van der Waals surface area (Å²) in [4.78, 5) is 67.2. The quantitative estimate of drug-likeness (QED) is 0.0928. The van der Waals surface area contributed by atoms with Crippen molar-refractivity contribution in [2.45, 2.75) is 19.3 Å². The normalized spacial score (nSPS) is 11.5. The minimum Gasteiger partial charge on any atom is -0.546 e. The second-order valence-corrected chi connectivity index (χ2v) is 10.7. The highest BCUT2D eigenvalue weighted by Gasteiger charge is 2.23. The summed E-state index contributed by atoms with van der Waals surface area (Å²) in [5.74, 6) is -10.9. The molecule has 0 spiro atoms. The number of carboxylic acids is 6. The molecule has 3 aromatic rings. The van der Waals surface area contributed by atoms with Crippen LogP contribution in [0.3, 0.4) is 0 Å². The Balaban J connectivity index is 1.99. The highest BCUT2D eigenvalue weighted by Crippen LogP contribution is 2.41. The molecule has 0 radical (unpaired) electrons.